The molecule has 0 spiro atoms. The van der Waals surface area contributed by atoms with E-state index in [0.717, 1.165) is 16.5 Å². The third-order valence-electron chi connectivity index (χ3n) is 1.80. The van der Waals surface area contributed by atoms with Gasteiger partial charge in [-0.25, -0.2) is 4.39 Å². The van der Waals surface area contributed by atoms with Crippen molar-refractivity contribution in [3.63, 3.8) is 0 Å². The van der Waals surface area contributed by atoms with Crippen LogP contribution in [-0.4, -0.2) is 0 Å². The maximum atomic E-state index is 12.8. The minimum atomic E-state index is -0.239. The summed E-state index contributed by atoms with van der Waals surface area (Å²) in [5.41, 5.74) is 6.60. The minimum absolute atomic E-state index is 0. The van der Waals surface area contributed by atoms with E-state index in [4.69, 9.17) is 5.73 Å². The highest BCUT2D eigenvalue weighted by atomic mass is 79.9. The Bertz CT molecular complexity index is 280. The first kappa shape index (κ1) is 12.9. The number of hydrogen-bond acceptors (Lipinski definition) is 1. The Morgan fingerprint density at radius 1 is 1.54 bits per heavy atom. The molecule has 0 radical (unpaired) electrons. The highest BCUT2D eigenvalue weighted by Gasteiger charge is 2.08. The van der Waals surface area contributed by atoms with Gasteiger partial charge in [-0.2, -0.15) is 0 Å². The molecule has 0 amide bonds. The third kappa shape index (κ3) is 3.25. The monoisotopic (exact) mass is 267 g/mol. The molecule has 1 aromatic rings. The molecular formula is C9H12BrClFN. The second kappa shape index (κ2) is 5.58. The highest BCUT2D eigenvalue weighted by Crippen LogP contribution is 2.24. The van der Waals surface area contributed by atoms with Crippen molar-refractivity contribution < 1.29 is 4.39 Å². The fourth-order valence-electron chi connectivity index (χ4n) is 1.02. The van der Waals surface area contributed by atoms with Gasteiger partial charge in [0.1, 0.15) is 5.82 Å². The van der Waals surface area contributed by atoms with E-state index >= 15 is 0 Å². The van der Waals surface area contributed by atoms with Crippen molar-refractivity contribution in [3.8, 4) is 0 Å². The highest BCUT2D eigenvalue weighted by molar-refractivity contribution is 9.10. The van der Waals surface area contributed by atoms with Crippen molar-refractivity contribution in [1.29, 1.82) is 0 Å². The zero-order valence-corrected chi connectivity index (χ0v) is 9.66. The van der Waals surface area contributed by atoms with Gasteiger partial charge in [-0.05, 0) is 30.2 Å². The van der Waals surface area contributed by atoms with Gasteiger partial charge in [0, 0.05) is 10.5 Å². The smallest absolute Gasteiger partial charge is 0.123 e. The fraction of sp³-hybridized carbons (Fsp3) is 0.333. The molecule has 0 saturated heterocycles. The molecule has 0 fully saturated rings. The van der Waals surface area contributed by atoms with Crippen LogP contribution < -0.4 is 5.73 Å². The lowest BCUT2D eigenvalue weighted by atomic mass is 10.1. The zero-order valence-electron chi connectivity index (χ0n) is 7.26. The van der Waals surface area contributed by atoms with Gasteiger partial charge in [0.2, 0.25) is 0 Å². The minimum Gasteiger partial charge on any atom is -0.324 e. The first-order valence-electron chi connectivity index (χ1n) is 3.85. The van der Waals surface area contributed by atoms with Gasteiger partial charge in [0.25, 0.3) is 0 Å². The van der Waals surface area contributed by atoms with Crippen LogP contribution in [0.5, 0.6) is 0 Å². The lowest BCUT2D eigenvalue weighted by molar-refractivity contribution is 0.615. The molecule has 1 aromatic carbocycles. The van der Waals surface area contributed by atoms with Crippen molar-refractivity contribution in [2.45, 2.75) is 19.4 Å². The molecule has 1 atom stereocenters. The number of halogens is 3. The molecule has 1 nitrogen and oxygen atoms in total. The summed E-state index contributed by atoms with van der Waals surface area (Å²) in [6.07, 6.45) is 0.808. The quantitative estimate of drug-likeness (QED) is 0.874. The maximum absolute atomic E-state index is 12.8. The van der Waals surface area contributed by atoms with Gasteiger partial charge in [-0.1, -0.05) is 22.9 Å². The molecule has 1 rings (SSSR count). The predicted molar refractivity (Wildman–Crippen MR) is 58.6 cm³/mol. The molecule has 0 unspecified atom stereocenters. The summed E-state index contributed by atoms with van der Waals surface area (Å²) in [4.78, 5) is 0. The van der Waals surface area contributed by atoms with Crippen LogP contribution in [0.1, 0.15) is 24.9 Å². The van der Waals surface area contributed by atoms with Crippen LogP contribution in [0.15, 0.2) is 22.7 Å². The van der Waals surface area contributed by atoms with E-state index in [1.807, 2.05) is 6.92 Å². The summed E-state index contributed by atoms with van der Waals surface area (Å²) in [7, 11) is 0. The van der Waals surface area contributed by atoms with E-state index in [-0.39, 0.29) is 24.3 Å². The Balaban J connectivity index is 0.00000144. The lowest BCUT2D eigenvalue weighted by Gasteiger charge is -2.10. The molecule has 13 heavy (non-hydrogen) atoms. The Morgan fingerprint density at radius 2 is 2.15 bits per heavy atom. The molecule has 0 aliphatic rings. The fourth-order valence-corrected chi connectivity index (χ4v) is 1.56. The molecule has 4 heteroatoms. The summed E-state index contributed by atoms with van der Waals surface area (Å²) in [5, 5.41) is 0. The van der Waals surface area contributed by atoms with Crippen molar-refractivity contribution in [2.24, 2.45) is 5.73 Å². The zero-order chi connectivity index (χ0) is 9.14. The molecule has 0 aromatic heterocycles. The molecule has 0 aliphatic heterocycles. The van der Waals surface area contributed by atoms with E-state index in [1.54, 1.807) is 6.07 Å². The Labute approximate surface area is 92.1 Å². The topological polar surface area (TPSA) is 26.0 Å². The van der Waals surface area contributed by atoms with Crippen molar-refractivity contribution in [2.75, 3.05) is 0 Å². The first-order valence-corrected chi connectivity index (χ1v) is 4.65. The van der Waals surface area contributed by atoms with Crippen LogP contribution in [0.2, 0.25) is 0 Å². The van der Waals surface area contributed by atoms with Crippen LogP contribution in [0.4, 0.5) is 4.39 Å². The summed E-state index contributed by atoms with van der Waals surface area (Å²) in [6.45, 7) is 1.97. The van der Waals surface area contributed by atoms with E-state index in [0.29, 0.717) is 0 Å². The van der Waals surface area contributed by atoms with Crippen molar-refractivity contribution in [1.82, 2.24) is 0 Å². The Hall–Kier alpha value is -0.120. The third-order valence-corrected chi connectivity index (χ3v) is 2.52. The average Bonchev–Trinajstić information content (AvgIpc) is 2.08. The predicted octanol–water partition coefficient (Wildman–Crippen LogP) is 3.42. The standard InChI is InChI=1S/C9H11BrFN.ClH/c1-2-9(12)7-5-6(11)3-4-8(7)10;/h3-5,9H,2,12H2,1H3;1H/t9-;/m0./s1. The number of nitrogens with two attached hydrogens (primary N) is 1. The number of hydrogen-bond donors (Lipinski definition) is 1. The van der Waals surface area contributed by atoms with Gasteiger partial charge in [-0.15, -0.1) is 12.4 Å². The van der Waals surface area contributed by atoms with Gasteiger partial charge in [-0.3, -0.25) is 0 Å². The largest absolute Gasteiger partial charge is 0.324 e. The summed E-state index contributed by atoms with van der Waals surface area (Å²) >= 11 is 3.33. The lowest BCUT2D eigenvalue weighted by Crippen LogP contribution is -2.09. The van der Waals surface area contributed by atoms with E-state index < -0.39 is 0 Å². The van der Waals surface area contributed by atoms with Crippen molar-refractivity contribution >= 4 is 28.3 Å². The van der Waals surface area contributed by atoms with Gasteiger partial charge in [0.05, 0.1) is 0 Å². The Morgan fingerprint density at radius 3 is 2.69 bits per heavy atom. The van der Waals surface area contributed by atoms with Crippen LogP contribution >= 0.6 is 28.3 Å². The average molecular weight is 269 g/mol. The summed E-state index contributed by atoms with van der Waals surface area (Å²) in [5.74, 6) is -0.239. The number of rotatable bonds is 2. The van der Waals surface area contributed by atoms with E-state index in [2.05, 4.69) is 15.9 Å². The SMILES string of the molecule is CC[C@H](N)c1cc(F)ccc1Br.Cl. The van der Waals surface area contributed by atoms with Gasteiger partial charge in [0.15, 0.2) is 0 Å². The van der Waals surface area contributed by atoms with Crippen LogP contribution in [0, 0.1) is 5.82 Å². The maximum Gasteiger partial charge on any atom is 0.123 e. The van der Waals surface area contributed by atoms with E-state index in [1.165, 1.54) is 12.1 Å². The summed E-state index contributed by atoms with van der Waals surface area (Å²) in [6, 6.07) is 4.48. The molecule has 0 heterocycles. The van der Waals surface area contributed by atoms with E-state index in [9.17, 15) is 4.39 Å². The van der Waals surface area contributed by atoms with Gasteiger partial charge < -0.3 is 5.73 Å². The first-order chi connectivity index (χ1) is 5.65. The van der Waals surface area contributed by atoms with Crippen LogP contribution in [-0.2, 0) is 0 Å². The molecule has 0 bridgehead atoms. The molecule has 0 aliphatic carbocycles. The molecule has 74 valence electrons. The van der Waals surface area contributed by atoms with Gasteiger partial charge >= 0.3 is 0 Å². The normalized spacial score (nSPS) is 12.0. The second-order valence-corrected chi connectivity index (χ2v) is 3.53. The van der Waals surface area contributed by atoms with Crippen LogP contribution in [0.25, 0.3) is 0 Å². The Kier molecular flexibility index (Phi) is 5.53. The number of benzene rings is 1. The van der Waals surface area contributed by atoms with Crippen molar-refractivity contribution in [3.05, 3.63) is 34.1 Å². The van der Waals surface area contributed by atoms with Crippen LogP contribution in [0.3, 0.4) is 0 Å². The molecule has 2 N–H and O–H groups in total. The molecular weight excluding hydrogens is 256 g/mol. The second-order valence-electron chi connectivity index (χ2n) is 2.68. The summed E-state index contributed by atoms with van der Waals surface area (Å²) < 4.78 is 13.6. The molecule has 0 saturated carbocycles.